The molecule has 0 aliphatic carbocycles. The molecule has 2 aliphatic heterocycles. The minimum absolute atomic E-state index is 0.0436. The minimum atomic E-state index is -4.77. The largest absolute Gasteiger partial charge is 0.496 e. The molecule has 1 aromatic carbocycles. The Morgan fingerprint density at radius 1 is 1.09 bits per heavy atom. The Kier molecular flexibility index (Phi) is 5.69. The molecule has 13 heteroatoms. The highest BCUT2D eigenvalue weighted by Crippen LogP contribution is 2.38. The summed E-state index contributed by atoms with van der Waals surface area (Å²) in [6.07, 6.45) is -5.84. The van der Waals surface area contributed by atoms with Crippen molar-refractivity contribution in [3.05, 3.63) is 23.0 Å². The van der Waals surface area contributed by atoms with Gasteiger partial charge in [0.15, 0.2) is 0 Å². The lowest BCUT2D eigenvalue weighted by atomic mass is 9.78. The van der Waals surface area contributed by atoms with Gasteiger partial charge in [0.25, 0.3) is 0 Å². The summed E-state index contributed by atoms with van der Waals surface area (Å²) in [7, 11) is -0.876. The van der Waals surface area contributed by atoms with Crippen LogP contribution in [0.4, 0.5) is 23.8 Å². The van der Waals surface area contributed by atoms with Crippen LogP contribution in [0, 0.1) is 0 Å². The Labute approximate surface area is 193 Å². The summed E-state index contributed by atoms with van der Waals surface area (Å²) < 4.78 is 52.9. The average Bonchev–Trinajstić information content (AvgIpc) is 2.93. The summed E-state index contributed by atoms with van der Waals surface area (Å²) in [6.45, 7) is 8.10. The van der Waals surface area contributed by atoms with E-state index < -0.39 is 36.4 Å². The first-order valence-corrected chi connectivity index (χ1v) is 10.7. The number of anilines is 1. The van der Waals surface area contributed by atoms with Crippen LogP contribution < -0.4 is 10.4 Å². The molecule has 0 radical (unpaired) electrons. The molecule has 33 heavy (non-hydrogen) atoms. The lowest BCUT2D eigenvalue weighted by Gasteiger charge is -2.34. The van der Waals surface area contributed by atoms with Crippen molar-refractivity contribution in [2.24, 2.45) is 0 Å². The number of benzene rings is 1. The number of fused-ring (bicyclic) bond motifs is 1. The number of piperazine rings is 1. The van der Waals surface area contributed by atoms with Gasteiger partial charge in [-0.15, -0.1) is 0 Å². The number of carboxylic acid groups (broad SMARTS) is 1. The van der Waals surface area contributed by atoms with Crippen LogP contribution in [0.3, 0.4) is 0 Å². The molecule has 0 bridgehead atoms. The van der Waals surface area contributed by atoms with E-state index in [0.717, 1.165) is 0 Å². The van der Waals surface area contributed by atoms with Crippen molar-refractivity contribution in [1.82, 2.24) is 14.9 Å². The summed E-state index contributed by atoms with van der Waals surface area (Å²) in [4.78, 5) is 21.5. The number of rotatable bonds is 2. The predicted octanol–water partition coefficient (Wildman–Crippen LogP) is 3.40. The van der Waals surface area contributed by atoms with Crippen molar-refractivity contribution >= 4 is 47.0 Å². The maximum Gasteiger partial charge on any atom is 0.496 e. The van der Waals surface area contributed by atoms with Crippen molar-refractivity contribution in [3.63, 3.8) is 0 Å². The zero-order chi connectivity index (χ0) is 24.3. The molecule has 0 saturated carbocycles. The van der Waals surface area contributed by atoms with E-state index >= 15 is 0 Å². The molecule has 1 N–H and O–H groups in total. The quantitative estimate of drug-likeness (QED) is 0.651. The number of aromatic nitrogens is 2. The Morgan fingerprint density at radius 2 is 1.67 bits per heavy atom. The van der Waals surface area contributed by atoms with E-state index in [1.807, 2.05) is 27.7 Å². The van der Waals surface area contributed by atoms with Crippen LogP contribution in [-0.4, -0.2) is 70.6 Å². The normalized spacial score (nSPS) is 20.5. The van der Waals surface area contributed by atoms with Gasteiger partial charge in [0.2, 0.25) is 5.82 Å². The minimum Gasteiger partial charge on any atom is -0.465 e. The van der Waals surface area contributed by atoms with Gasteiger partial charge in [0, 0.05) is 42.1 Å². The second-order valence-electron chi connectivity index (χ2n) is 9.10. The Bertz CT molecular complexity index is 1090. The number of halogens is 4. The summed E-state index contributed by atoms with van der Waals surface area (Å²) in [5, 5.41) is 9.73. The molecular weight excluding hydrogens is 464 g/mol. The molecule has 1 aromatic heterocycles. The predicted molar refractivity (Wildman–Crippen MR) is 117 cm³/mol. The van der Waals surface area contributed by atoms with E-state index in [9.17, 15) is 18.0 Å². The summed E-state index contributed by atoms with van der Waals surface area (Å²) in [5.41, 5.74) is -0.903. The smallest absolute Gasteiger partial charge is 0.465 e. The Morgan fingerprint density at radius 3 is 2.18 bits per heavy atom. The second kappa shape index (κ2) is 7.88. The fourth-order valence-electron chi connectivity index (χ4n) is 3.78. The molecular formula is C20H23BClF3N4O4. The fraction of sp³-hybridized carbons (Fsp3) is 0.550. The maximum absolute atomic E-state index is 13.6. The molecule has 178 valence electrons. The van der Waals surface area contributed by atoms with Crippen molar-refractivity contribution < 1.29 is 32.4 Å². The number of hydrogen-bond acceptors (Lipinski definition) is 6. The lowest BCUT2D eigenvalue weighted by molar-refractivity contribution is -0.144. The van der Waals surface area contributed by atoms with Crippen LogP contribution in [0.5, 0.6) is 0 Å². The molecule has 1 amide bonds. The highest BCUT2D eigenvalue weighted by Gasteiger charge is 2.52. The van der Waals surface area contributed by atoms with Crippen LogP contribution in [0.1, 0.15) is 33.5 Å². The van der Waals surface area contributed by atoms with Crippen molar-refractivity contribution in [3.8, 4) is 0 Å². The highest BCUT2D eigenvalue weighted by molar-refractivity contribution is 6.66. The van der Waals surface area contributed by atoms with E-state index in [1.54, 1.807) is 4.90 Å². The third-order valence-electron chi connectivity index (χ3n) is 6.40. The average molecular weight is 487 g/mol. The topological polar surface area (TPSA) is 88.0 Å². The standard InChI is InChI=1S/C20H23BClF3N4O4/c1-18(2)19(3,4)33-21(32-18)12-10-14-11(9-13(12)22)15(27-16(26-14)20(23,24)25)28-5-7-29(8-6-28)17(30)31/h9-10H,5-8H2,1-4H3,(H,30,31). The van der Waals surface area contributed by atoms with Crippen molar-refractivity contribution in [2.75, 3.05) is 31.1 Å². The number of amides is 1. The highest BCUT2D eigenvalue weighted by atomic mass is 35.5. The van der Waals surface area contributed by atoms with Gasteiger partial charge in [0.05, 0.1) is 16.7 Å². The molecule has 2 aliphatic rings. The van der Waals surface area contributed by atoms with Gasteiger partial charge in [-0.05, 0) is 39.8 Å². The first-order chi connectivity index (χ1) is 15.2. The molecule has 2 saturated heterocycles. The Hall–Kier alpha value is -2.31. The molecule has 8 nitrogen and oxygen atoms in total. The third-order valence-corrected chi connectivity index (χ3v) is 6.73. The van der Waals surface area contributed by atoms with Crippen molar-refractivity contribution in [2.45, 2.75) is 45.1 Å². The van der Waals surface area contributed by atoms with E-state index in [-0.39, 0.29) is 42.5 Å². The van der Waals surface area contributed by atoms with Crippen LogP contribution in [-0.2, 0) is 15.5 Å². The zero-order valence-electron chi connectivity index (χ0n) is 18.5. The van der Waals surface area contributed by atoms with Crippen LogP contribution >= 0.6 is 11.6 Å². The summed E-state index contributed by atoms with van der Waals surface area (Å²) >= 11 is 6.53. The monoisotopic (exact) mass is 486 g/mol. The van der Waals surface area contributed by atoms with E-state index in [0.29, 0.717) is 10.8 Å². The number of carbonyl (C=O) groups is 1. The van der Waals surface area contributed by atoms with E-state index in [2.05, 4.69) is 9.97 Å². The van der Waals surface area contributed by atoms with Gasteiger partial charge in [-0.3, -0.25) is 0 Å². The molecule has 0 unspecified atom stereocenters. The number of hydrogen-bond donors (Lipinski definition) is 1. The van der Waals surface area contributed by atoms with E-state index in [4.69, 9.17) is 26.0 Å². The van der Waals surface area contributed by atoms with Crippen LogP contribution in [0.2, 0.25) is 5.02 Å². The zero-order valence-corrected chi connectivity index (χ0v) is 19.3. The van der Waals surface area contributed by atoms with Gasteiger partial charge in [-0.1, -0.05) is 11.6 Å². The fourth-order valence-corrected chi connectivity index (χ4v) is 4.03. The molecule has 3 heterocycles. The number of nitrogens with zero attached hydrogens (tertiary/aromatic N) is 4. The number of alkyl halides is 3. The molecule has 4 rings (SSSR count). The third kappa shape index (κ3) is 4.31. The van der Waals surface area contributed by atoms with Crippen LogP contribution in [0.25, 0.3) is 10.9 Å². The van der Waals surface area contributed by atoms with E-state index in [1.165, 1.54) is 17.0 Å². The van der Waals surface area contributed by atoms with Gasteiger partial charge >= 0.3 is 19.4 Å². The Balaban J connectivity index is 1.79. The second-order valence-corrected chi connectivity index (χ2v) is 9.51. The molecule has 0 spiro atoms. The van der Waals surface area contributed by atoms with Gasteiger partial charge in [0.1, 0.15) is 5.82 Å². The first kappa shape index (κ1) is 23.8. The lowest BCUT2D eigenvalue weighted by Crippen LogP contribution is -2.48. The van der Waals surface area contributed by atoms with Gasteiger partial charge in [-0.25, -0.2) is 14.8 Å². The van der Waals surface area contributed by atoms with Gasteiger partial charge in [-0.2, -0.15) is 13.2 Å². The van der Waals surface area contributed by atoms with Gasteiger partial charge < -0.3 is 24.2 Å². The molecule has 0 atom stereocenters. The maximum atomic E-state index is 13.6. The van der Waals surface area contributed by atoms with Crippen LogP contribution in [0.15, 0.2) is 12.1 Å². The molecule has 2 aromatic rings. The first-order valence-electron chi connectivity index (χ1n) is 10.4. The van der Waals surface area contributed by atoms with Crippen molar-refractivity contribution in [1.29, 1.82) is 0 Å². The SMILES string of the molecule is CC1(C)OB(c2cc3nc(C(F)(F)F)nc(N4CCN(C(=O)O)CC4)c3cc2Cl)OC1(C)C. The summed E-state index contributed by atoms with van der Waals surface area (Å²) in [6, 6.07) is 2.95. The summed E-state index contributed by atoms with van der Waals surface area (Å²) in [5.74, 6) is -1.23. The molecule has 2 fully saturated rings.